The summed E-state index contributed by atoms with van der Waals surface area (Å²) < 4.78 is 1.53. The molecule has 0 aliphatic carbocycles. The van der Waals surface area contributed by atoms with Crippen molar-refractivity contribution in [3.05, 3.63) is 11.8 Å². The van der Waals surface area contributed by atoms with Crippen LogP contribution in [0.4, 0.5) is 5.82 Å². The van der Waals surface area contributed by atoms with Gasteiger partial charge in [0.25, 0.3) is 5.91 Å². The highest BCUT2D eigenvalue weighted by Gasteiger charge is 2.27. The number of nitrogens with two attached hydrogens (primary N) is 1. The second-order valence-corrected chi connectivity index (χ2v) is 5.08. The third-order valence-electron chi connectivity index (χ3n) is 3.63. The molecule has 0 radical (unpaired) electrons. The largest absolute Gasteiger partial charge is 0.383 e. The van der Waals surface area contributed by atoms with Crippen LogP contribution in [0.5, 0.6) is 0 Å². The van der Waals surface area contributed by atoms with Crippen molar-refractivity contribution in [2.75, 3.05) is 32.9 Å². The number of piperidine rings is 1. The second kappa shape index (κ2) is 4.97. The number of hydrogen-bond donors (Lipinski definition) is 1. The minimum Gasteiger partial charge on any atom is -0.383 e. The fourth-order valence-corrected chi connectivity index (χ4v) is 2.34. The average Bonchev–Trinajstić information content (AvgIpc) is 2.69. The number of nitrogen functional groups attached to an aromatic ring is 1. The maximum absolute atomic E-state index is 12.4. The van der Waals surface area contributed by atoms with E-state index in [2.05, 4.69) is 24.1 Å². The van der Waals surface area contributed by atoms with Crippen LogP contribution in [0.25, 0.3) is 0 Å². The molecular weight excluding hydrogens is 230 g/mol. The van der Waals surface area contributed by atoms with Gasteiger partial charge in [0.05, 0.1) is 6.20 Å². The van der Waals surface area contributed by atoms with Crippen molar-refractivity contribution in [3.8, 4) is 0 Å². The SMILES string of the molecule is CN(C)C1CCCN(C(=O)c2cnn(C)c2N)C1. The first-order valence-corrected chi connectivity index (χ1v) is 6.24. The van der Waals surface area contributed by atoms with E-state index in [9.17, 15) is 4.79 Å². The van der Waals surface area contributed by atoms with Gasteiger partial charge in [-0.3, -0.25) is 9.48 Å². The molecule has 100 valence electrons. The van der Waals surface area contributed by atoms with Crippen molar-refractivity contribution in [2.24, 2.45) is 7.05 Å². The monoisotopic (exact) mass is 251 g/mol. The van der Waals surface area contributed by atoms with Crippen LogP contribution in [0.3, 0.4) is 0 Å². The minimum absolute atomic E-state index is 0.00727. The van der Waals surface area contributed by atoms with Crippen LogP contribution in [-0.4, -0.2) is 58.7 Å². The number of amides is 1. The van der Waals surface area contributed by atoms with E-state index in [0.717, 1.165) is 25.9 Å². The summed E-state index contributed by atoms with van der Waals surface area (Å²) in [6.07, 6.45) is 3.73. The third kappa shape index (κ3) is 2.33. The van der Waals surface area contributed by atoms with Gasteiger partial charge in [-0.15, -0.1) is 0 Å². The van der Waals surface area contributed by atoms with Crippen molar-refractivity contribution in [2.45, 2.75) is 18.9 Å². The Morgan fingerprint density at radius 2 is 2.28 bits per heavy atom. The molecule has 2 heterocycles. The van der Waals surface area contributed by atoms with E-state index >= 15 is 0 Å². The van der Waals surface area contributed by atoms with Gasteiger partial charge < -0.3 is 15.5 Å². The Morgan fingerprint density at radius 3 is 2.83 bits per heavy atom. The van der Waals surface area contributed by atoms with Crippen molar-refractivity contribution >= 4 is 11.7 Å². The molecule has 1 aromatic heterocycles. The molecule has 0 aromatic carbocycles. The van der Waals surface area contributed by atoms with Gasteiger partial charge in [-0.2, -0.15) is 5.10 Å². The molecule has 0 bridgehead atoms. The smallest absolute Gasteiger partial charge is 0.259 e. The molecule has 18 heavy (non-hydrogen) atoms. The Labute approximate surface area is 107 Å². The molecule has 2 rings (SSSR count). The van der Waals surface area contributed by atoms with E-state index in [1.54, 1.807) is 13.2 Å². The van der Waals surface area contributed by atoms with Gasteiger partial charge in [-0.25, -0.2) is 0 Å². The van der Waals surface area contributed by atoms with Crippen LogP contribution >= 0.6 is 0 Å². The zero-order valence-corrected chi connectivity index (χ0v) is 11.3. The van der Waals surface area contributed by atoms with Gasteiger partial charge in [-0.05, 0) is 26.9 Å². The highest BCUT2D eigenvalue weighted by molar-refractivity contribution is 5.98. The third-order valence-corrected chi connectivity index (χ3v) is 3.63. The predicted octanol–water partition coefficient (Wildman–Crippen LogP) is 0.169. The summed E-state index contributed by atoms with van der Waals surface area (Å²) in [6.45, 7) is 1.57. The topological polar surface area (TPSA) is 67.4 Å². The molecule has 6 nitrogen and oxygen atoms in total. The molecule has 1 aliphatic rings. The van der Waals surface area contributed by atoms with E-state index in [0.29, 0.717) is 17.4 Å². The van der Waals surface area contributed by atoms with Gasteiger partial charge in [0.2, 0.25) is 0 Å². The Balaban J connectivity index is 2.12. The number of likely N-dealkylation sites (tertiary alicyclic amines) is 1. The lowest BCUT2D eigenvalue weighted by atomic mass is 10.0. The molecule has 0 spiro atoms. The van der Waals surface area contributed by atoms with Crippen molar-refractivity contribution in [3.63, 3.8) is 0 Å². The molecule has 1 aromatic rings. The van der Waals surface area contributed by atoms with Crippen molar-refractivity contribution in [1.29, 1.82) is 0 Å². The number of anilines is 1. The molecule has 1 aliphatic heterocycles. The number of likely N-dealkylation sites (N-methyl/N-ethyl adjacent to an activating group) is 1. The van der Waals surface area contributed by atoms with Crippen molar-refractivity contribution in [1.82, 2.24) is 19.6 Å². The zero-order chi connectivity index (χ0) is 13.3. The Bertz CT molecular complexity index is 440. The summed E-state index contributed by atoms with van der Waals surface area (Å²) >= 11 is 0. The number of aromatic nitrogens is 2. The minimum atomic E-state index is -0.00727. The predicted molar refractivity (Wildman–Crippen MR) is 70.2 cm³/mol. The first-order valence-electron chi connectivity index (χ1n) is 6.24. The molecular formula is C12H21N5O. The Hall–Kier alpha value is -1.56. The molecule has 1 fully saturated rings. The van der Waals surface area contributed by atoms with E-state index < -0.39 is 0 Å². The zero-order valence-electron chi connectivity index (χ0n) is 11.3. The molecule has 6 heteroatoms. The molecule has 0 saturated carbocycles. The van der Waals surface area contributed by atoms with Crippen molar-refractivity contribution < 1.29 is 4.79 Å². The Kier molecular flexibility index (Phi) is 3.56. The molecule has 1 atom stereocenters. The number of carbonyl (C=O) groups is 1. The normalized spacial score (nSPS) is 20.4. The van der Waals surface area contributed by atoms with E-state index in [1.165, 1.54) is 4.68 Å². The summed E-state index contributed by atoms with van der Waals surface area (Å²) in [5, 5.41) is 4.02. The van der Waals surface area contributed by atoms with Crippen LogP contribution in [0.2, 0.25) is 0 Å². The highest BCUT2D eigenvalue weighted by atomic mass is 16.2. The number of carbonyl (C=O) groups excluding carboxylic acids is 1. The number of nitrogens with zero attached hydrogens (tertiary/aromatic N) is 4. The quantitative estimate of drug-likeness (QED) is 0.813. The fraction of sp³-hybridized carbons (Fsp3) is 0.667. The summed E-state index contributed by atoms with van der Waals surface area (Å²) in [6, 6.07) is 0.431. The fourth-order valence-electron chi connectivity index (χ4n) is 2.34. The lowest BCUT2D eigenvalue weighted by molar-refractivity contribution is 0.0636. The highest BCUT2D eigenvalue weighted by Crippen LogP contribution is 2.18. The van der Waals surface area contributed by atoms with Gasteiger partial charge in [0, 0.05) is 26.2 Å². The molecule has 1 amide bonds. The molecule has 1 unspecified atom stereocenters. The van der Waals surface area contributed by atoms with Crippen LogP contribution in [0.1, 0.15) is 23.2 Å². The lowest BCUT2D eigenvalue weighted by Gasteiger charge is -2.36. The standard InChI is InChI=1S/C12H21N5O/c1-15(2)9-5-4-6-17(8-9)12(18)10-7-14-16(3)11(10)13/h7,9H,4-6,8,13H2,1-3H3. The van der Waals surface area contributed by atoms with Gasteiger partial charge >= 0.3 is 0 Å². The number of rotatable bonds is 2. The maximum atomic E-state index is 12.4. The number of hydrogen-bond acceptors (Lipinski definition) is 4. The van der Waals surface area contributed by atoms with Gasteiger partial charge in [0.1, 0.15) is 11.4 Å². The maximum Gasteiger partial charge on any atom is 0.259 e. The lowest BCUT2D eigenvalue weighted by Crippen LogP contribution is -2.47. The van der Waals surface area contributed by atoms with Crippen LogP contribution in [0, 0.1) is 0 Å². The van der Waals surface area contributed by atoms with Crippen LogP contribution in [0.15, 0.2) is 6.20 Å². The Morgan fingerprint density at radius 1 is 1.56 bits per heavy atom. The first-order chi connectivity index (χ1) is 8.50. The van der Waals surface area contributed by atoms with E-state index in [1.807, 2.05) is 4.90 Å². The van der Waals surface area contributed by atoms with Gasteiger partial charge in [-0.1, -0.05) is 0 Å². The number of aryl methyl sites for hydroxylation is 1. The first kappa shape index (κ1) is 12.9. The van der Waals surface area contributed by atoms with E-state index in [4.69, 9.17) is 5.73 Å². The average molecular weight is 251 g/mol. The second-order valence-electron chi connectivity index (χ2n) is 5.08. The van der Waals surface area contributed by atoms with Crippen LogP contribution < -0.4 is 5.73 Å². The van der Waals surface area contributed by atoms with Gasteiger partial charge in [0.15, 0.2) is 0 Å². The summed E-state index contributed by atoms with van der Waals surface area (Å²) in [5.74, 6) is 0.430. The summed E-state index contributed by atoms with van der Waals surface area (Å²) in [4.78, 5) is 16.4. The molecule has 2 N–H and O–H groups in total. The molecule has 1 saturated heterocycles. The van der Waals surface area contributed by atoms with E-state index in [-0.39, 0.29) is 5.91 Å². The summed E-state index contributed by atoms with van der Waals surface area (Å²) in [7, 11) is 5.85. The van der Waals surface area contributed by atoms with Crippen LogP contribution in [-0.2, 0) is 7.05 Å². The summed E-state index contributed by atoms with van der Waals surface area (Å²) in [5.41, 5.74) is 6.36.